The summed E-state index contributed by atoms with van der Waals surface area (Å²) in [4.78, 5) is 31.9. The van der Waals surface area contributed by atoms with Crippen LogP contribution in [0.25, 0.3) is 22.0 Å². The number of nitrogens with zero attached hydrogens (tertiary/aromatic N) is 2. The van der Waals surface area contributed by atoms with Crippen LogP contribution in [0.15, 0.2) is 72.9 Å². The maximum atomic E-state index is 14.2. The molecule has 46 heavy (non-hydrogen) atoms. The Bertz CT molecular complexity index is 2060. The number of carbonyl (C=O) groups excluding carboxylic acids is 2. The maximum Gasteiger partial charge on any atom is 0.254 e. The van der Waals surface area contributed by atoms with Gasteiger partial charge in [-0.15, -0.1) is 0 Å². The fraction of sp³-hybridized carbons (Fsp3) is 0.270. The molecule has 3 N–H and O–H groups in total. The lowest BCUT2D eigenvalue weighted by Crippen LogP contribution is -2.39. The highest BCUT2D eigenvalue weighted by Crippen LogP contribution is 2.51. The van der Waals surface area contributed by atoms with Crippen LogP contribution in [0.3, 0.4) is 0 Å². The van der Waals surface area contributed by atoms with Crippen molar-refractivity contribution in [2.75, 3.05) is 0 Å². The molecule has 1 atom stereocenters. The first kappa shape index (κ1) is 29.8. The summed E-state index contributed by atoms with van der Waals surface area (Å²) in [5.41, 5.74) is 9.66. The predicted octanol–water partition coefficient (Wildman–Crippen LogP) is 7.16. The molecule has 2 aromatic heterocycles. The lowest BCUT2D eigenvalue weighted by molar-refractivity contribution is 0.0935. The van der Waals surface area contributed by atoms with Gasteiger partial charge in [0.15, 0.2) is 11.6 Å². The van der Waals surface area contributed by atoms with Gasteiger partial charge < -0.3 is 15.6 Å². The number of nitrogens with two attached hydrogens (primary N) is 1. The molecule has 1 saturated carbocycles. The van der Waals surface area contributed by atoms with E-state index in [2.05, 4.69) is 9.88 Å². The average molecular weight is 623 g/mol. The van der Waals surface area contributed by atoms with E-state index in [1.807, 2.05) is 51.2 Å². The Labute approximate surface area is 264 Å². The number of amides is 2. The van der Waals surface area contributed by atoms with Gasteiger partial charge in [0.25, 0.3) is 11.8 Å². The van der Waals surface area contributed by atoms with Gasteiger partial charge in [-0.2, -0.15) is 0 Å². The van der Waals surface area contributed by atoms with Gasteiger partial charge in [-0.1, -0.05) is 38.1 Å². The van der Waals surface area contributed by atoms with Gasteiger partial charge >= 0.3 is 0 Å². The van der Waals surface area contributed by atoms with Crippen LogP contribution in [0, 0.1) is 23.4 Å². The van der Waals surface area contributed by atoms with E-state index >= 15 is 0 Å². The fourth-order valence-electron chi connectivity index (χ4n) is 7.10. The first-order valence-corrected chi connectivity index (χ1v) is 15.4. The van der Waals surface area contributed by atoms with Gasteiger partial charge in [-0.25, -0.2) is 13.2 Å². The van der Waals surface area contributed by atoms with Crippen molar-refractivity contribution >= 4 is 22.7 Å². The van der Waals surface area contributed by atoms with Crippen molar-refractivity contribution in [3.8, 4) is 11.1 Å². The minimum Gasteiger partial charge on any atom is -0.366 e. The number of primary amides is 1. The summed E-state index contributed by atoms with van der Waals surface area (Å²) < 4.78 is 43.7. The monoisotopic (exact) mass is 622 g/mol. The van der Waals surface area contributed by atoms with Gasteiger partial charge in [0.1, 0.15) is 5.82 Å². The molecule has 7 rings (SSSR count). The van der Waals surface area contributed by atoms with E-state index < -0.39 is 28.6 Å². The normalized spacial score (nSPS) is 18.2. The molecule has 0 spiro atoms. The zero-order valence-corrected chi connectivity index (χ0v) is 25.8. The molecule has 6 nitrogen and oxygen atoms in total. The Morgan fingerprint density at radius 1 is 0.978 bits per heavy atom. The van der Waals surface area contributed by atoms with Crippen LogP contribution < -0.4 is 11.1 Å². The highest BCUT2D eigenvalue weighted by molar-refractivity contribution is 6.12. The number of rotatable bonds is 8. The Morgan fingerprint density at radius 3 is 2.37 bits per heavy atom. The zero-order valence-electron chi connectivity index (χ0n) is 25.8. The second-order valence-electron chi connectivity index (χ2n) is 13.2. The van der Waals surface area contributed by atoms with Crippen LogP contribution in [0.1, 0.15) is 76.8 Å². The molecular weight excluding hydrogens is 589 g/mol. The summed E-state index contributed by atoms with van der Waals surface area (Å²) >= 11 is 0. The summed E-state index contributed by atoms with van der Waals surface area (Å²) in [5.74, 6) is -3.01. The number of hydrogen-bond acceptors (Lipinski definition) is 3. The van der Waals surface area contributed by atoms with Crippen molar-refractivity contribution in [1.29, 1.82) is 0 Å². The van der Waals surface area contributed by atoms with E-state index in [1.54, 1.807) is 18.2 Å². The maximum absolute atomic E-state index is 14.2. The van der Waals surface area contributed by atoms with E-state index in [1.165, 1.54) is 18.2 Å². The standard InChI is InChI=1S/C37H33F3N4O2/c1-20(2)16-28-31(34(41)45)30(32-33(42-28)36(3,43-35(32)46)19-21-4-8-25(38)9-5-21)23-6-11-29-22(17-23)12-15-44(29)37(13-14-37)24-7-10-26(39)27(40)18-24/h4-12,15,17-18,20H,13-14,16,19H2,1-3H3,(H2,41,45)(H,43,46). The lowest BCUT2D eigenvalue weighted by Gasteiger charge is -2.26. The zero-order chi connectivity index (χ0) is 32.5. The molecule has 1 fully saturated rings. The number of benzene rings is 3. The second kappa shape index (κ2) is 10.6. The molecule has 1 aliphatic heterocycles. The third kappa shape index (κ3) is 4.76. The first-order chi connectivity index (χ1) is 21.9. The number of fused-ring (bicyclic) bond motifs is 2. The summed E-state index contributed by atoms with van der Waals surface area (Å²) in [6.07, 6.45) is 4.32. The molecule has 234 valence electrons. The van der Waals surface area contributed by atoms with Crippen molar-refractivity contribution in [3.63, 3.8) is 0 Å². The van der Waals surface area contributed by atoms with Crippen LogP contribution in [-0.4, -0.2) is 21.4 Å². The second-order valence-corrected chi connectivity index (χ2v) is 13.2. The number of halogens is 3. The number of carbonyl (C=O) groups is 2. The topological polar surface area (TPSA) is 90.0 Å². The number of hydrogen-bond donors (Lipinski definition) is 2. The largest absolute Gasteiger partial charge is 0.366 e. The van der Waals surface area contributed by atoms with E-state index in [0.717, 1.165) is 35.4 Å². The Hall–Kier alpha value is -4.92. The van der Waals surface area contributed by atoms with Crippen LogP contribution >= 0.6 is 0 Å². The fourth-order valence-corrected chi connectivity index (χ4v) is 7.10. The van der Waals surface area contributed by atoms with Crippen molar-refractivity contribution in [1.82, 2.24) is 14.9 Å². The molecular formula is C37H33F3N4O2. The van der Waals surface area contributed by atoms with E-state index in [-0.39, 0.29) is 23.2 Å². The van der Waals surface area contributed by atoms with Gasteiger partial charge in [0.05, 0.1) is 33.6 Å². The molecule has 5 aromatic rings. The SMILES string of the molecule is CC(C)Cc1nc2c(c(-c3ccc4c(ccn4C4(c5ccc(F)c(F)c5)CC4)c3)c1C(N)=O)C(=O)NC2(C)Cc1ccc(F)cc1. The minimum absolute atomic E-state index is 0.146. The van der Waals surface area contributed by atoms with Crippen LogP contribution in [0.5, 0.6) is 0 Å². The van der Waals surface area contributed by atoms with Gasteiger partial charge in [-0.3, -0.25) is 14.6 Å². The molecule has 0 bridgehead atoms. The molecule has 0 radical (unpaired) electrons. The van der Waals surface area contributed by atoms with E-state index in [9.17, 15) is 22.8 Å². The molecule has 1 aliphatic carbocycles. The molecule has 9 heteroatoms. The van der Waals surface area contributed by atoms with Gasteiger partial charge in [0.2, 0.25) is 0 Å². The van der Waals surface area contributed by atoms with Crippen molar-refractivity contribution in [3.05, 3.63) is 124 Å². The third-order valence-electron chi connectivity index (χ3n) is 9.35. The Kier molecular flexibility index (Phi) is 6.84. The Balaban J connectivity index is 1.39. The molecule has 1 unspecified atom stereocenters. The van der Waals surface area contributed by atoms with Crippen LogP contribution in [0.2, 0.25) is 0 Å². The van der Waals surface area contributed by atoms with E-state index in [4.69, 9.17) is 10.7 Å². The predicted molar refractivity (Wildman–Crippen MR) is 170 cm³/mol. The summed E-state index contributed by atoms with van der Waals surface area (Å²) in [7, 11) is 0. The molecule has 2 amide bonds. The molecule has 0 saturated heterocycles. The number of pyridine rings is 1. The molecule has 3 aromatic carbocycles. The van der Waals surface area contributed by atoms with Crippen molar-refractivity contribution in [2.24, 2.45) is 11.7 Å². The minimum atomic E-state index is -0.920. The van der Waals surface area contributed by atoms with Crippen LogP contribution in [-0.2, 0) is 23.9 Å². The summed E-state index contributed by atoms with van der Waals surface area (Å²) in [5, 5.41) is 3.96. The highest BCUT2D eigenvalue weighted by atomic mass is 19.2. The Morgan fingerprint density at radius 2 is 1.72 bits per heavy atom. The summed E-state index contributed by atoms with van der Waals surface area (Å²) in [6.45, 7) is 5.93. The summed E-state index contributed by atoms with van der Waals surface area (Å²) in [6, 6.07) is 17.9. The lowest BCUT2D eigenvalue weighted by atomic mass is 9.84. The van der Waals surface area contributed by atoms with E-state index in [0.29, 0.717) is 46.5 Å². The first-order valence-electron chi connectivity index (χ1n) is 15.4. The molecule has 3 heterocycles. The number of nitrogens with one attached hydrogen (secondary N) is 1. The van der Waals surface area contributed by atoms with Crippen molar-refractivity contribution < 1.29 is 22.8 Å². The quantitative estimate of drug-likeness (QED) is 0.193. The average Bonchev–Trinajstić information content (AvgIpc) is 3.63. The number of aromatic nitrogens is 2. The van der Waals surface area contributed by atoms with Crippen molar-refractivity contribution in [2.45, 2.75) is 57.5 Å². The third-order valence-corrected chi connectivity index (χ3v) is 9.35. The van der Waals surface area contributed by atoms with Gasteiger partial charge in [0, 0.05) is 29.1 Å². The molecule has 2 aliphatic rings. The highest BCUT2D eigenvalue weighted by Gasteiger charge is 2.47. The van der Waals surface area contributed by atoms with Crippen LogP contribution in [0.4, 0.5) is 13.2 Å². The van der Waals surface area contributed by atoms with Gasteiger partial charge in [-0.05, 0) is 91.3 Å². The smallest absolute Gasteiger partial charge is 0.254 e.